The number of aromatic nitrogens is 1. The largest absolute Gasteiger partial charge is 0.478 e. The summed E-state index contributed by atoms with van der Waals surface area (Å²) < 4.78 is 1.10. The molecule has 0 aliphatic rings. The minimum Gasteiger partial charge on any atom is -0.478 e. The third kappa shape index (κ3) is 3.08. The van der Waals surface area contributed by atoms with Gasteiger partial charge in [0, 0.05) is 19.8 Å². The third-order valence-corrected chi connectivity index (χ3v) is 3.98. The molecule has 0 spiro atoms. The van der Waals surface area contributed by atoms with Crippen LogP contribution in [0.1, 0.15) is 15.9 Å². The molecule has 0 aromatic carbocycles. The van der Waals surface area contributed by atoms with E-state index in [0.717, 1.165) is 16.1 Å². The van der Waals surface area contributed by atoms with Gasteiger partial charge >= 0.3 is 5.97 Å². The van der Waals surface area contributed by atoms with E-state index in [1.165, 1.54) is 11.8 Å². The molecular formula is C12H11BrN2O2S. The van der Waals surface area contributed by atoms with Gasteiger partial charge in [0.25, 0.3) is 0 Å². The molecule has 0 fully saturated rings. The van der Waals surface area contributed by atoms with E-state index in [1.54, 1.807) is 23.5 Å². The number of pyridine rings is 1. The summed E-state index contributed by atoms with van der Waals surface area (Å²) >= 11 is 5.06. The first-order valence-electron chi connectivity index (χ1n) is 5.19. The molecule has 0 radical (unpaired) electrons. The summed E-state index contributed by atoms with van der Waals surface area (Å²) in [6.45, 7) is 0.738. The van der Waals surface area contributed by atoms with Crippen LogP contribution in [0, 0.1) is 0 Å². The summed E-state index contributed by atoms with van der Waals surface area (Å²) in [7, 11) is 1.92. The van der Waals surface area contributed by atoms with Crippen molar-refractivity contribution in [1.82, 2.24) is 4.98 Å². The molecule has 6 heteroatoms. The fraction of sp³-hybridized carbons (Fsp3) is 0.167. The van der Waals surface area contributed by atoms with Crippen molar-refractivity contribution in [3.8, 4) is 0 Å². The van der Waals surface area contributed by atoms with Crippen molar-refractivity contribution in [2.24, 2.45) is 0 Å². The molecule has 0 atom stereocenters. The minimum absolute atomic E-state index is 0.199. The van der Waals surface area contributed by atoms with E-state index in [9.17, 15) is 4.79 Å². The number of hydrogen-bond acceptors (Lipinski definition) is 4. The molecule has 2 aromatic rings. The van der Waals surface area contributed by atoms with Gasteiger partial charge in [-0.3, -0.25) is 0 Å². The summed E-state index contributed by atoms with van der Waals surface area (Å²) in [6, 6.07) is 5.34. The molecule has 1 N–H and O–H groups in total. The standard InChI is InChI=1S/C12H11BrN2O2S/c1-15(6-8-4-10(13)18-7-8)11-3-2-9(5-14-11)12(16)17/h2-5,7H,6H2,1H3,(H,16,17). The smallest absolute Gasteiger partial charge is 0.337 e. The molecule has 0 saturated heterocycles. The number of halogens is 1. The van der Waals surface area contributed by atoms with Crippen molar-refractivity contribution in [2.75, 3.05) is 11.9 Å². The summed E-state index contributed by atoms with van der Waals surface area (Å²) in [5, 5.41) is 10.9. The lowest BCUT2D eigenvalue weighted by Gasteiger charge is -2.17. The van der Waals surface area contributed by atoms with Crippen LogP contribution in [-0.2, 0) is 6.54 Å². The molecule has 0 aliphatic carbocycles. The number of nitrogens with zero attached hydrogens (tertiary/aromatic N) is 2. The maximum Gasteiger partial charge on any atom is 0.337 e. The average Bonchev–Trinajstić information content (AvgIpc) is 2.75. The Bertz CT molecular complexity index is 553. The van der Waals surface area contributed by atoms with Gasteiger partial charge in [0.2, 0.25) is 0 Å². The van der Waals surface area contributed by atoms with E-state index in [-0.39, 0.29) is 5.56 Å². The van der Waals surface area contributed by atoms with Crippen molar-refractivity contribution in [3.05, 3.63) is 44.7 Å². The average molecular weight is 327 g/mol. The van der Waals surface area contributed by atoms with Gasteiger partial charge in [-0.1, -0.05) is 0 Å². The second kappa shape index (κ2) is 5.49. The number of carboxylic acid groups (broad SMARTS) is 1. The van der Waals surface area contributed by atoms with E-state index < -0.39 is 5.97 Å². The molecule has 2 aromatic heterocycles. The molecular weight excluding hydrogens is 316 g/mol. The van der Waals surface area contributed by atoms with Crippen LogP contribution in [0.4, 0.5) is 5.82 Å². The highest BCUT2D eigenvalue weighted by atomic mass is 79.9. The number of carboxylic acids is 1. The summed E-state index contributed by atoms with van der Waals surface area (Å²) in [6.07, 6.45) is 1.37. The Kier molecular flexibility index (Phi) is 3.98. The van der Waals surface area contributed by atoms with Gasteiger partial charge in [-0.05, 0) is 45.1 Å². The highest BCUT2D eigenvalue weighted by Crippen LogP contribution is 2.22. The molecule has 18 heavy (non-hydrogen) atoms. The van der Waals surface area contributed by atoms with E-state index in [0.29, 0.717) is 0 Å². The molecule has 94 valence electrons. The molecule has 2 rings (SSSR count). The maximum absolute atomic E-state index is 10.7. The lowest BCUT2D eigenvalue weighted by molar-refractivity contribution is 0.0696. The second-order valence-electron chi connectivity index (χ2n) is 3.83. The van der Waals surface area contributed by atoms with Crippen LogP contribution in [0.2, 0.25) is 0 Å². The van der Waals surface area contributed by atoms with Gasteiger partial charge in [0.05, 0.1) is 9.35 Å². The Labute approximate surface area is 117 Å². The second-order valence-corrected chi connectivity index (χ2v) is 6.12. The first-order valence-corrected chi connectivity index (χ1v) is 6.87. The van der Waals surface area contributed by atoms with Crippen LogP contribution in [0.25, 0.3) is 0 Å². The number of thiophene rings is 1. The summed E-state index contributed by atoms with van der Waals surface area (Å²) in [5.41, 5.74) is 1.39. The Morgan fingerprint density at radius 1 is 1.56 bits per heavy atom. The first-order chi connectivity index (χ1) is 8.56. The highest BCUT2D eigenvalue weighted by Gasteiger charge is 2.07. The van der Waals surface area contributed by atoms with E-state index in [1.807, 2.05) is 11.9 Å². The van der Waals surface area contributed by atoms with Gasteiger partial charge in [0.15, 0.2) is 0 Å². The zero-order valence-electron chi connectivity index (χ0n) is 9.63. The Morgan fingerprint density at radius 3 is 2.83 bits per heavy atom. The summed E-state index contributed by atoms with van der Waals surface area (Å²) in [4.78, 5) is 16.8. The van der Waals surface area contributed by atoms with Crippen molar-refractivity contribution < 1.29 is 9.90 Å². The van der Waals surface area contributed by atoms with Crippen LogP contribution in [0.3, 0.4) is 0 Å². The molecule has 0 unspecified atom stereocenters. The lowest BCUT2D eigenvalue weighted by Crippen LogP contribution is -2.17. The molecule has 0 amide bonds. The van der Waals surface area contributed by atoms with Crippen LogP contribution >= 0.6 is 27.3 Å². The minimum atomic E-state index is -0.960. The van der Waals surface area contributed by atoms with Gasteiger partial charge in [-0.25, -0.2) is 9.78 Å². The SMILES string of the molecule is CN(Cc1csc(Br)c1)c1ccc(C(=O)O)cn1. The van der Waals surface area contributed by atoms with E-state index in [2.05, 4.69) is 32.4 Å². The fourth-order valence-electron chi connectivity index (χ4n) is 1.52. The van der Waals surface area contributed by atoms with Crippen LogP contribution in [-0.4, -0.2) is 23.1 Å². The monoisotopic (exact) mass is 326 g/mol. The fourth-order valence-corrected chi connectivity index (χ4v) is 2.72. The molecule has 0 aliphatic heterocycles. The zero-order chi connectivity index (χ0) is 13.1. The van der Waals surface area contributed by atoms with Gasteiger partial charge < -0.3 is 10.0 Å². The number of hydrogen-bond donors (Lipinski definition) is 1. The number of aromatic carboxylic acids is 1. The molecule has 4 nitrogen and oxygen atoms in total. The van der Waals surface area contributed by atoms with E-state index >= 15 is 0 Å². The quantitative estimate of drug-likeness (QED) is 0.937. The van der Waals surface area contributed by atoms with Crippen LogP contribution in [0.15, 0.2) is 33.6 Å². The van der Waals surface area contributed by atoms with Crippen molar-refractivity contribution >= 4 is 39.1 Å². The Hall–Kier alpha value is -1.40. The van der Waals surface area contributed by atoms with Crippen molar-refractivity contribution in [2.45, 2.75) is 6.54 Å². The van der Waals surface area contributed by atoms with E-state index in [4.69, 9.17) is 5.11 Å². The zero-order valence-corrected chi connectivity index (χ0v) is 12.0. The maximum atomic E-state index is 10.7. The molecule has 0 bridgehead atoms. The predicted molar refractivity (Wildman–Crippen MR) is 75.3 cm³/mol. The van der Waals surface area contributed by atoms with Gasteiger partial charge in [-0.2, -0.15) is 0 Å². The molecule has 0 saturated carbocycles. The summed E-state index contributed by atoms with van der Waals surface area (Å²) in [5.74, 6) is -0.208. The van der Waals surface area contributed by atoms with Crippen molar-refractivity contribution in [3.63, 3.8) is 0 Å². The number of rotatable bonds is 4. The van der Waals surface area contributed by atoms with Crippen LogP contribution < -0.4 is 4.90 Å². The number of anilines is 1. The highest BCUT2D eigenvalue weighted by molar-refractivity contribution is 9.11. The normalized spacial score (nSPS) is 10.3. The Morgan fingerprint density at radius 2 is 2.33 bits per heavy atom. The predicted octanol–water partition coefficient (Wildman–Crippen LogP) is 3.24. The Balaban J connectivity index is 2.09. The molecule has 2 heterocycles. The van der Waals surface area contributed by atoms with Crippen LogP contribution in [0.5, 0.6) is 0 Å². The third-order valence-electron chi connectivity index (χ3n) is 2.43. The van der Waals surface area contributed by atoms with Gasteiger partial charge in [0.1, 0.15) is 5.82 Å². The lowest BCUT2D eigenvalue weighted by atomic mass is 10.2. The number of carbonyl (C=O) groups is 1. The van der Waals surface area contributed by atoms with Gasteiger partial charge in [-0.15, -0.1) is 11.3 Å². The topological polar surface area (TPSA) is 53.4 Å². The van der Waals surface area contributed by atoms with Crippen molar-refractivity contribution in [1.29, 1.82) is 0 Å². The first kappa shape index (κ1) is 13.0.